The van der Waals surface area contributed by atoms with E-state index in [1.807, 2.05) is 18.3 Å². The highest BCUT2D eigenvalue weighted by molar-refractivity contribution is 5.77. The zero-order valence-corrected chi connectivity index (χ0v) is 18.6. The fraction of sp³-hybridized carbons (Fsp3) is 0.560. The minimum Gasteiger partial charge on any atom is -0.349 e. The number of piperidine rings is 1. The lowest BCUT2D eigenvalue weighted by atomic mass is 9.79. The predicted molar refractivity (Wildman–Crippen MR) is 122 cm³/mol. The Morgan fingerprint density at radius 3 is 2.84 bits per heavy atom. The first kappa shape index (κ1) is 21.3. The zero-order valence-electron chi connectivity index (χ0n) is 18.6. The van der Waals surface area contributed by atoms with E-state index in [9.17, 15) is 9.18 Å². The number of nitrogens with zero attached hydrogens (tertiary/aromatic N) is 4. The van der Waals surface area contributed by atoms with Crippen LogP contribution in [0.1, 0.15) is 62.1 Å². The molecule has 0 unspecified atom stereocenters. The van der Waals surface area contributed by atoms with Crippen molar-refractivity contribution < 1.29 is 9.18 Å². The SMILES string of the molecule is O=C1CCCC[C@]2(CN(Cc3ccnc(N4CCCCC4)n3)C[C@H]2c2cccc(F)c2)N1. The third kappa shape index (κ3) is 4.49. The van der Waals surface area contributed by atoms with Crippen molar-refractivity contribution in [3.05, 3.63) is 53.6 Å². The number of halogens is 1. The number of benzene rings is 1. The minimum atomic E-state index is -0.357. The van der Waals surface area contributed by atoms with Crippen LogP contribution in [0.25, 0.3) is 0 Å². The van der Waals surface area contributed by atoms with E-state index in [-0.39, 0.29) is 23.2 Å². The monoisotopic (exact) mass is 437 g/mol. The molecule has 32 heavy (non-hydrogen) atoms. The van der Waals surface area contributed by atoms with Gasteiger partial charge in [0, 0.05) is 51.3 Å². The van der Waals surface area contributed by atoms with Crippen molar-refractivity contribution in [1.29, 1.82) is 0 Å². The van der Waals surface area contributed by atoms with Crippen LogP contribution in [-0.2, 0) is 11.3 Å². The maximum atomic E-state index is 14.1. The number of rotatable bonds is 4. The van der Waals surface area contributed by atoms with Gasteiger partial charge in [-0.2, -0.15) is 0 Å². The molecule has 3 aliphatic rings. The topological polar surface area (TPSA) is 61.4 Å². The van der Waals surface area contributed by atoms with E-state index in [1.165, 1.54) is 25.3 Å². The lowest BCUT2D eigenvalue weighted by Crippen LogP contribution is -2.52. The molecule has 2 atom stereocenters. The lowest BCUT2D eigenvalue weighted by Gasteiger charge is -2.35. The molecule has 4 heterocycles. The minimum absolute atomic E-state index is 0.0589. The van der Waals surface area contributed by atoms with Crippen LogP contribution < -0.4 is 10.2 Å². The Bertz CT molecular complexity index is 963. The number of nitrogens with one attached hydrogen (secondary N) is 1. The maximum Gasteiger partial charge on any atom is 0.225 e. The van der Waals surface area contributed by atoms with Crippen LogP contribution in [0.5, 0.6) is 0 Å². The molecule has 2 aromatic rings. The van der Waals surface area contributed by atoms with Gasteiger partial charge in [0.2, 0.25) is 11.9 Å². The second kappa shape index (κ2) is 9.14. The Morgan fingerprint density at radius 2 is 2.00 bits per heavy atom. The van der Waals surface area contributed by atoms with Gasteiger partial charge in [-0.05, 0) is 55.9 Å². The van der Waals surface area contributed by atoms with E-state index in [1.54, 1.807) is 12.1 Å². The summed E-state index contributed by atoms with van der Waals surface area (Å²) in [6, 6.07) is 8.87. The zero-order chi connectivity index (χ0) is 22.0. The van der Waals surface area contributed by atoms with Gasteiger partial charge >= 0.3 is 0 Å². The number of carbonyl (C=O) groups excluding carboxylic acids is 1. The second-order valence-corrected chi connectivity index (χ2v) is 9.58. The van der Waals surface area contributed by atoms with Crippen LogP contribution in [-0.4, -0.2) is 52.5 Å². The first-order chi connectivity index (χ1) is 15.6. The molecule has 0 saturated carbocycles. The average molecular weight is 438 g/mol. The summed E-state index contributed by atoms with van der Waals surface area (Å²) in [6.45, 7) is 4.26. The lowest BCUT2D eigenvalue weighted by molar-refractivity contribution is -0.122. The maximum absolute atomic E-state index is 14.1. The van der Waals surface area contributed by atoms with E-state index >= 15 is 0 Å². The van der Waals surface area contributed by atoms with Gasteiger partial charge in [0.25, 0.3) is 0 Å². The quantitative estimate of drug-likeness (QED) is 0.792. The highest BCUT2D eigenvalue weighted by Crippen LogP contribution is 2.41. The molecular weight excluding hydrogens is 405 g/mol. The molecule has 1 N–H and O–H groups in total. The fourth-order valence-electron chi connectivity index (χ4n) is 5.73. The number of hydrogen-bond donors (Lipinski definition) is 1. The molecule has 3 aliphatic heterocycles. The van der Waals surface area contributed by atoms with Crippen molar-refractivity contribution in [3.63, 3.8) is 0 Å². The smallest absolute Gasteiger partial charge is 0.225 e. The van der Waals surface area contributed by atoms with E-state index < -0.39 is 0 Å². The fourth-order valence-corrected chi connectivity index (χ4v) is 5.73. The van der Waals surface area contributed by atoms with Gasteiger partial charge in [0.15, 0.2) is 0 Å². The Morgan fingerprint density at radius 1 is 1.12 bits per heavy atom. The summed E-state index contributed by atoms with van der Waals surface area (Å²) < 4.78 is 14.1. The number of anilines is 1. The van der Waals surface area contributed by atoms with Crippen molar-refractivity contribution in [2.75, 3.05) is 31.1 Å². The Hall–Kier alpha value is -2.54. The first-order valence-corrected chi connectivity index (χ1v) is 12.0. The molecular formula is C25H32FN5O. The predicted octanol–water partition coefficient (Wildman–Crippen LogP) is 3.63. The van der Waals surface area contributed by atoms with Gasteiger partial charge in [0.05, 0.1) is 11.2 Å². The second-order valence-electron chi connectivity index (χ2n) is 9.58. The van der Waals surface area contributed by atoms with Crippen LogP contribution >= 0.6 is 0 Å². The number of hydrogen-bond acceptors (Lipinski definition) is 5. The summed E-state index contributed by atoms with van der Waals surface area (Å²) in [4.78, 5) is 26.6. The molecule has 7 heteroatoms. The van der Waals surface area contributed by atoms with E-state index in [0.717, 1.165) is 62.6 Å². The normalized spacial score (nSPS) is 26.8. The van der Waals surface area contributed by atoms with Gasteiger partial charge in [0.1, 0.15) is 5.82 Å². The largest absolute Gasteiger partial charge is 0.349 e. The molecule has 5 rings (SSSR count). The number of aromatic nitrogens is 2. The molecule has 1 amide bonds. The van der Waals surface area contributed by atoms with Gasteiger partial charge < -0.3 is 10.2 Å². The number of carbonyl (C=O) groups is 1. The molecule has 6 nitrogen and oxygen atoms in total. The van der Waals surface area contributed by atoms with Gasteiger partial charge in [-0.3, -0.25) is 9.69 Å². The first-order valence-electron chi connectivity index (χ1n) is 12.0. The van der Waals surface area contributed by atoms with E-state index in [0.29, 0.717) is 13.0 Å². The molecule has 170 valence electrons. The van der Waals surface area contributed by atoms with Crippen LogP contribution in [0.4, 0.5) is 10.3 Å². The van der Waals surface area contributed by atoms with E-state index in [4.69, 9.17) is 4.98 Å². The summed E-state index contributed by atoms with van der Waals surface area (Å²) in [5.41, 5.74) is 1.60. The van der Waals surface area contributed by atoms with Gasteiger partial charge in [-0.25, -0.2) is 14.4 Å². The van der Waals surface area contributed by atoms with Crippen molar-refractivity contribution in [2.24, 2.45) is 0 Å². The third-order valence-electron chi connectivity index (χ3n) is 7.25. The number of likely N-dealkylation sites (tertiary alicyclic amines) is 1. The van der Waals surface area contributed by atoms with Crippen molar-refractivity contribution in [1.82, 2.24) is 20.2 Å². The Labute approximate surface area is 189 Å². The van der Waals surface area contributed by atoms with Crippen molar-refractivity contribution in [3.8, 4) is 0 Å². The van der Waals surface area contributed by atoms with Crippen LogP contribution in [0, 0.1) is 5.82 Å². The molecule has 3 saturated heterocycles. The summed E-state index contributed by atoms with van der Waals surface area (Å²) in [5, 5.41) is 3.36. The number of amides is 1. The Balaban J connectivity index is 1.39. The molecule has 1 aromatic carbocycles. The average Bonchev–Trinajstić information content (AvgIpc) is 3.03. The Kier molecular flexibility index (Phi) is 6.09. The molecule has 0 aliphatic carbocycles. The van der Waals surface area contributed by atoms with E-state index in [2.05, 4.69) is 20.1 Å². The van der Waals surface area contributed by atoms with Crippen molar-refractivity contribution >= 4 is 11.9 Å². The summed E-state index contributed by atoms with van der Waals surface area (Å²) in [7, 11) is 0. The molecule has 0 bridgehead atoms. The van der Waals surface area contributed by atoms with Crippen LogP contribution in [0.2, 0.25) is 0 Å². The highest BCUT2D eigenvalue weighted by atomic mass is 19.1. The van der Waals surface area contributed by atoms with Crippen LogP contribution in [0.15, 0.2) is 36.5 Å². The third-order valence-corrected chi connectivity index (χ3v) is 7.25. The van der Waals surface area contributed by atoms with Gasteiger partial charge in [-0.1, -0.05) is 18.6 Å². The summed E-state index contributed by atoms with van der Waals surface area (Å²) >= 11 is 0. The molecule has 1 aromatic heterocycles. The standard InChI is InChI=1S/C25H32FN5O/c26-20-8-6-7-19(15-20)22-17-30(18-25(22)11-3-2-9-23(32)29-25)16-21-10-12-27-24(28-21)31-13-4-1-5-14-31/h6-8,10,12,15,22H,1-5,9,11,13-14,16-18H2,(H,29,32)/t22-,25+/m0/s1. The van der Waals surface area contributed by atoms with Crippen molar-refractivity contribution in [2.45, 2.75) is 62.9 Å². The molecule has 0 radical (unpaired) electrons. The highest BCUT2D eigenvalue weighted by Gasteiger charge is 2.48. The van der Waals surface area contributed by atoms with Crippen LogP contribution in [0.3, 0.4) is 0 Å². The summed E-state index contributed by atoms with van der Waals surface area (Å²) in [5.74, 6) is 0.766. The van der Waals surface area contributed by atoms with Gasteiger partial charge in [-0.15, -0.1) is 0 Å². The molecule has 1 spiro atoms. The summed E-state index contributed by atoms with van der Waals surface area (Å²) in [6.07, 6.45) is 8.92. The molecule has 3 fully saturated rings.